The smallest absolute Gasteiger partial charge is 0.165 e. The monoisotopic (exact) mass is 469 g/mol. The summed E-state index contributed by atoms with van der Waals surface area (Å²) in [6, 6.07) is 24.5. The molecule has 175 valence electrons. The maximum absolute atomic E-state index is 9.50. The van der Waals surface area contributed by atoms with Gasteiger partial charge in [-0.1, -0.05) is 73.9 Å². The van der Waals surface area contributed by atoms with Crippen molar-refractivity contribution >= 4 is 24.2 Å². The molecule has 0 bridgehead atoms. The van der Waals surface area contributed by atoms with Crippen LogP contribution in [0.5, 0.6) is 0 Å². The highest BCUT2D eigenvalue weighted by molar-refractivity contribution is 6.57. The molecule has 3 aromatic heterocycles. The van der Waals surface area contributed by atoms with Crippen molar-refractivity contribution in [1.29, 1.82) is 5.26 Å². The molecule has 2 N–H and O–H groups in total. The van der Waals surface area contributed by atoms with Crippen LogP contribution in [0.1, 0.15) is 26.3 Å². The van der Waals surface area contributed by atoms with Crippen LogP contribution in [0.3, 0.4) is 0 Å². The molecule has 0 aliphatic heterocycles. The predicted molar refractivity (Wildman–Crippen MR) is 146 cm³/mol. The summed E-state index contributed by atoms with van der Waals surface area (Å²) >= 11 is 0. The Labute approximate surface area is 211 Å². The zero-order valence-corrected chi connectivity index (χ0v) is 20.6. The molecule has 0 fully saturated rings. The first-order valence-electron chi connectivity index (χ1n) is 12.0. The number of hydrogen-bond acceptors (Lipinski definition) is 5. The van der Waals surface area contributed by atoms with Crippen LogP contribution in [0.2, 0.25) is 6.32 Å². The highest BCUT2D eigenvalue weighted by atomic mass is 15.3. The van der Waals surface area contributed by atoms with Gasteiger partial charge in [0.25, 0.3) is 0 Å². The fraction of sp³-hybridized carbons (Fsp3) is 0.172. The van der Waals surface area contributed by atoms with E-state index in [-0.39, 0.29) is 0 Å². The van der Waals surface area contributed by atoms with E-state index in [4.69, 9.17) is 10.7 Å². The van der Waals surface area contributed by atoms with Crippen LogP contribution in [0.4, 0.5) is 5.82 Å². The minimum Gasteiger partial charge on any atom is -0.384 e. The van der Waals surface area contributed by atoms with E-state index < -0.39 is 5.41 Å². The molecule has 7 heteroatoms. The maximum atomic E-state index is 9.50. The van der Waals surface area contributed by atoms with Crippen LogP contribution in [0.25, 0.3) is 39.3 Å². The van der Waals surface area contributed by atoms with Crippen molar-refractivity contribution in [3.8, 4) is 39.7 Å². The fourth-order valence-corrected chi connectivity index (χ4v) is 4.30. The van der Waals surface area contributed by atoms with Gasteiger partial charge in [0, 0.05) is 22.9 Å². The number of nitrogens with two attached hydrogens (primary N) is 1. The molecule has 36 heavy (non-hydrogen) atoms. The van der Waals surface area contributed by atoms with Gasteiger partial charge < -0.3 is 5.73 Å². The molecule has 0 amide bonds. The van der Waals surface area contributed by atoms with Gasteiger partial charge >= 0.3 is 0 Å². The third-order valence-electron chi connectivity index (χ3n) is 6.43. The first-order chi connectivity index (χ1) is 17.4. The fourth-order valence-electron chi connectivity index (χ4n) is 4.30. The number of pyridine rings is 1. The van der Waals surface area contributed by atoms with E-state index in [9.17, 15) is 5.26 Å². The molecule has 0 aliphatic rings. The van der Waals surface area contributed by atoms with Gasteiger partial charge in [0.1, 0.15) is 5.82 Å². The molecule has 3 heterocycles. The predicted octanol–water partition coefficient (Wildman–Crippen LogP) is 5.28. The standard InChI is InChI=1S/C29H26BN6/c1-4-30-25-26(20-10-13-22(14-11-20)29(2,3)18-31)35-28-23(17-34-36(28)27(25)32)21-12-15-24(33-16-21)19-8-6-5-7-9-19/h5-17H,4,32H2,1-3H3. The van der Waals surface area contributed by atoms with E-state index in [1.165, 1.54) is 0 Å². The number of hydrogen-bond donors (Lipinski definition) is 1. The Morgan fingerprint density at radius 3 is 2.31 bits per heavy atom. The normalized spacial score (nSPS) is 11.4. The van der Waals surface area contributed by atoms with Gasteiger partial charge in [-0.2, -0.15) is 14.9 Å². The zero-order chi connectivity index (χ0) is 25.3. The van der Waals surface area contributed by atoms with Crippen molar-refractivity contribution in [3.05, 3.63) is 84.7 Å². The van der Waals surface area contributed by atoms with Gasteiger partial charge in [0.05, 0.1) is 29.1 Å². The molecule has 6 nitrogen and oxygen atoms in total. The van der Waals surface area contributed by atoms with Crippen LogP contribution in [0, 0.1) is 11.3 Å². The number of fused-ring (bicyclic) bond motifs is 1. The number of aromatic nitrogens is 4. The average Bonchev–Trinajstić information content (AvgIpc) is 3.35. The van der Waals surface area contributed by atoms with Gasteiger partial charge in [0.15, 0.2) is 12.9 Å². The Bertz CT molecular complexity index is 1560. The van der Waals surface area contributed by atoms with E-state index in [1.54, 1.807) is 10.7 Å². The minimum atomic E-state index is -0.565. The summed E-state index contributed by atoms with van der Waals surface area (Å²) in [6.45, 7) is 5.90. The number of nitrogens with zero attached hydrogens (tertiary/aromatic N) is 5. The van der Waals surface area contributed by atoms with E-state index >= 15 is 0 Å². The highest BCUT2D eigenvalue weighted by Gasteiger charge is 2.22. The van der Waals surface area contributed by atoms with Gasteiger partial charge in [0.2, 0.25) is 0 Å². The molecule has 0 spiro atoms. The number of rotatable bonds is 6. The Morgan fingerprint density at radius 1 is 0.944 bits per heavy atom. The zero-order valence-electron chi connectivity index (χ0n) is 20.6. The van der Waals surface area contributed by atoms with E-state index in [2.05, 4.69) is 30.4 Å². The van der Waals surface area contributed by atoms with Crippen molar-refractivity contribution in [2.24, 2.45) is 0 Å². The first kappa shape index (κ1) is 23.3. The largest absolute Gasteiger partial charge is 0.384 e. The molecule has 0 atom stereocenters. The molecule has 0 saturated heterocycles. The second-order valence-electron chi connectivity index (χ2n) is 9.28. The molecule has 5 aromatic rings. The van der Waals surface area contributed by atoms with Crippen LogP contribution in [-0.2, 0) is 5.41 Å². The summed E-state index contributed by atoms with van der Waals surface area (Å²) in [6.07, 6.45) is 4.45. The summed E-state index contributed by atoms with van der Waals surface area (Å²) in [5.74, 6) is 0.540. The lowest BCUT2D eigenvalue weighted by atomic mass is 9.66. The van der Waals surface area contributed by atoms with Gasteiger partial charge in [-0.3, -0.25) is 4.98 Å². The average molecular weight is 469 g/mol. The lowest BCUT2D eigenvalue weighted by molar-refractivity contribution is 0.687. The van der Waals surface area contributed by atoms with Gasteiger partial charge in [-0.05, 0) is 36.5 Å². The van der Waals surface area contributed by atoms with Crippen LogP contribution >= 0.6 is 0 Å². The molecular weight excluding hydrogens is 443 g/mol. The summed E-state index contributed by atoms with van der Waals surface area (Å²) in [5.41, 5.74) is 14.0. The third kappa shape index (κ3) is 4.12. The molecule has 0 aliphatic carbocycles. The maximum Gasteiger partial charge on any atom is 0.165 e. The molecule has 1 radical (unpaired) electrons. The summed E-state index contributed by atoms with van der Waals surface area (Å²) in [5, 5.41) is 14.1. The summed E-state index contributed by atoms with van der Waals surface area (Å²) < 4.78 is 1.69. The summed E-state index contributed by atoms with van der Waals surface area (Å²) in [7, 11) is 2.07. The van der Waals surface area contributed by atoms with Crippen molar-refractivity contribution in [2.45, 2.75) is 32.5 Å². The van der Waals surface area contributed by atoms with Crippen molar-refractivity contribution in [2.75, 3.05) is 5.73 Å². The van der Waals surface area contributed by atoms with Crippen molar-refractivity contribution in [3.63, 3.8) is 0 Å². The Balaban J connectivity index is 1.62. The van der Waals surface area contributed by atoms with Crippen LogP contribution in [0.15, 0.2) is 79.1 Å². The van der Waals surface area contributed by atoms with Crippen molar-refractivity contribution < 1.29 is 0 Å². The molecule has 0 saturated carbocycles. The number of anilines is 1. The second kappa shape index (κ2) is 9.31. The SMILES string of the molecule is CC[B]c1c(-c2ccc(C(C)(C)C#N)cc2)nc2c(-c3ccc(-c4ccccc4)nc3)cnn2c1N. The van der Waals surface area contributed by atoms with E-state index in [0.29, 0.717) is 11.5 Å². The van der Waals surface area contributed by atoms with Crippen LogP contribution in [-0.4, -0.2) is 26.9 Å². The Hall–Kier alpha value is -4.44. The summed E-state index contributed by atoms with van der Waals surface area (Å²) in [4.78, 5) is 9.72. The lowest BCUT2D eigenvalue weighted by Crippen LogP contribution is -2.25. The Morgan fingerprint density at radius 2 is 1.67 bits per heavy atom. The first-order valence-corrected chi connectivity index (χ1v) is 12.0. The van der Waals surface area contributed by atoms with E-state index in [1.807, 2.05) is 86.8 Å². The minimum absolute atomic E-state index is 0.540. The highest BCUT2D eigenvalue weighted by Crippen LogP contribution is 2.29. The molecule has 5 rings (SSSR count). The third-order valence-corrected chi connectivity index (χ3v) is 6.43. The molecular formula is C29H26BN6. The molecule has 0 unspecified atom stereocenters. The molecule has 2 aromatic carbocycles. The van der Waals surface area contributed by atoms with Crippen LogP contribution < -0.4 is 11.2 Å². The lowest BCUT2D eigenvalue weighted by Gasteiger charge is -2.17. The van der Waals surface area contributed by atoms with Gasteiger partial charge in [-0.15, -0.1) is 0 Å². The second-order valence-corrected chi connectivity index (χ2v) is 9.28. The number of benzene rings is 2. The number of nitrogen functional groups attached to an aromatic ring is 1. The van der Waals surface area contributed by atoms with E-state index in [0.717, 1.165) is 51.0 Å². The Kier molecular flexibility index (Phi) is 6.03. The van der Waals surface area contributed by atoms with Crippen molar-refractivity contribution in [1.82, 2.24) is 19.6 Å². The quantitative estimate of drug-likeness (QED) is 0.342. The topological polar surface area (TPSA) is 92.9 Å². The number of nitriles is 1. The van der Waals surface area contributed by atoms with Gasteiger partial charge in [-0.25, -0.2) is 4.98 Å².